The van der Waals surface area contributed by atoms with Gasteiger partial charge >= 0.3 is 0 Å². The van der Waals surface area contributed by atoms with E-state index < -0.39 is 36.9 Å². The molecular weight excluding hydrogens is 803 g/mol. The van der Waals surface area contributed by atoms with Gasteiger partial charge in [0.25, 0.3) is 0 Å². The third kappa shape index (κ3) is 47.6. The van der Waals surface area contributed by atoms with Crippen molar-refractivity contribution in [3.63, 3.8) is 0 Å². The molecule has 0 bridgehead atoms. The predicted octanol–water partition coefficient (Wildman–Crippen LogP) is 17.0. The summed E-state index contributed by atoms with van der Waals surface area (Å²) < 4.78 is 0. The largest absolute Gasteiger partial charge is 0.394 e. The van der Waals surface area contributed by atoms with Crippen molar-refractivity contribution in [2.24, 2.45) is 0 Å². The number of allylic oxidation sites excluding steroid dienone is 4. The van der Waals surface area contributed by atoms with Gasteiger partial charge in [-0.2, -0.15) is 0 Å². The fourth-order valence-corrected chi connectivity index (χ4v) is 9.31. The standard InChI is InChI=1S/C59H115NO5/c1-3-5-7-9-11-13-15-17-19-21-23-25-27-28-29-30-31-33-35-37-39-41-43-45-47-49-51-53-57(63)59(65)60-55(54-61)58(64)56(62)52-50-48-46-44-42-40-38-36-34-32-26-24-22-20-18-16-14-12-10-8-6-4-2/h36,38,44,46,55-58,61-64H,3-35,37,39-43,45,47-54H2,1-2H3,(H,60,65)/b38-36+,46-44+. The first-order valence-corrected chi connectivity index (χ1v) is 29.2. The molecule has 6 heteroatoms. The van der Waals surface area contributed by atoms with Crippen LogP contribution in [0.4, 0.5) is 0 Å². The molecule has 6 nitrogen and oxygen atoms in total. The monoisotopic (exact) mass is 918 g/mol. The molecule has 0 aliphatic rings. The zero-order valence-corrected chi connectivity index (χ0v) is 43.8. The van der Waals surface area contributed by atoms with Crippen LogP contribution < -0.4 is 5.32 Å². The first-order chi connectivity index (χ1) is 32.0. The Hall–Kier alpha value is -1.21. The summed E-state index contributed by atoms with van der Waals surface area (Å²) in [5, 5.41) is 44.0. The van der Waals surface area contributed by atoms with Crippen LogP contribution >= 0.6 is 0 Å². The molecule has 0 aromatic carbocycles. The van der Waals surface area contributed by atoms with E-state index in [1.165, 1.54) is 244 Å². The van der Waals surface area contributed by atoms with E-state index in [9.17, 15) is 25.2 Å². The van der Waals surface area contributed by atoms with Crippen molar-refractivity contribution in [3.05, 3.63) is 24.3 Å². The lowest BCUT2D eigenvalue weighted by molar-refractivity contribution is -0.132. The van der Waals surface area contributed by atoms with Crippen LogP contribution in [-0.2, 0) is 4.79 Å². The maximum absolute atomic E-state index is 12.6. The molecule has 0 radical (unpaired) electrons. The summed E-state index contributed by atoms with van der Waals surface area (Å²) in [7, 11) is 0. The second kappa shape index (κ2) is 53.7. The molecule has 0 aromatic rings. The highest BCUT2D eigenvalue weighted by Gasteiger charge is 2.28. The maximum atomic E-state index is 12.6. The molecule has 5 N–H and O–H groups in total. The molecule has 386 valence electrons. The SMILES string of the molecule is CCCCCCCCCCCCCCC/C=C/CC/C=C/CCCC(O)C(O)C(CO)NC(=O)C(O)CCCCCCCCCCCCCCCCCCCCCCCCCCCCC. The molecular formula is C59H115NO5. The number of carbonyl (C=O) groups is 1. The molecule has 0 saturated carbocycles. The van der Waals surface area contributed by atoms with Crippen LogP contribution in [0.25, 0.3) is 0 Å². The summed E-state index contributed by atoms with van der Waals surface area (Å²) in [5.41, 5.74) is 0. The van der Waals surface area contributed by atoms with Crippen LogP contribution in [0.3, 0.4) is 0 Å². The fraction of sp³-hybridized carbons (Fsp3) is 0.915. The molecule has 0 aliphatic heterocycles. The van der Waals surface area contributed by atoms with Crippen LogP contribution in [-0.4, -0.2) is 57.3 Å². The third-order valence-electron chi connectivity index (χ3n) is 13.9. The highest BCUT2D eigenvalue weighted by molar-refractivity contribution is 5.80. The smallest absolute Gasteiger partial charge is 0.249 e. The molecule has 0 heterocycles. The van der Waals surface area contributed by atoms with Gasteiger partial charge in [-0.3, -0.25) is 4.79 Å². The Kier molecular flexibility index (Phi) is 52.7. The molecule has 0 rings (SSSR count). The van der Waals surface area contributed by atoms with E-state index in [1.807, 2.05) is 0 Å². The first kappa shape index (κ1) is 63.8. The van der Waals surface area contributed by atoms with E-state index in [0.717, 1.165) is 38.5 Å². The number of hydrogen-bond donors (Lipinski definition) is 5. The lowest BCUT2D eigenvalue weighted by atomic mass is 10.00. The summed E-state index contributed by atoms with van der Waals surface area (Å²) in [4.78, 5) is 12.6. The Morgan fingerprint density at radius 1 is 0.369 bits per heavy atom. The number of rotatable bonds is 54. The quantitative estimate of drug-likeness (QED) is 0.0308. The van der Waals surface area contributed by atoms with Gasteiger partial charge in [-0.05, 0) is 51.4 Å². The molecule has 1 amide bonds. The Morgan fingerprint density at radius 3 is 0.969 bits per heavy atom. The van der Waals surface area contributed by atoms with Crippen LogP contribution in [0.5, 0.6) is 0 Å². The molecule has 0 aromatic heterocycles. The Morgan fingerprint density at radius 2 is 0.646 bits per heavy atom. The van der Waals surface area contributed by atoms with E-state index in [4.69, 9.17) is 0 Å². The molecule has 4 unspecified atom stereocenters. The molecule has 0 saturated heterocycles. The zero-order chi connectivity index (χ0) is 47.4. The maximum Gasteiger partial charge on any atom is 0.249 e. The van der Waals surface area contributed by atoms with Crippen molar-refractivity contribution < 1.29 is 25.2 Å². The van der Waals surface area contributed by atoms with Gasteiger partial charge in [-0.15, -0.1) is 0 Å². The molecule has 65 heavy (non-hydrogen) atoms. The van der Waals surface area contributed by atoms with E-state index >= 15 is 0 Å². The van der Waals surface area contributed by atoms with E-state index in [1.54, 1.807) is 0 Å². The summed E-state index contributed by atoms with van der Waals surface area (Å²) in [6, 6.07) is -1.01. The lowest BCUT2D eigenvalue weighted by Gasteiger charge is -2.27. The number of hydrogen-bond acceptors (Lipinski definition) is 5. The van der Waals surface area contributed by atoms with Gasteiger partial charge < -0.3 is 25.7 Å². The van der Waals surface area contributed by atoms with E-state index in [0.29, 0.717) is 19.3 Å². The summed E-state index contributed by atoms with van der Waals surface area (Å²) in [5.74, 6) is -0.591. The lowest BCUT2D eigenvalue weighted by Crippen LogP contribution is -2.53. The number of carbonyl (C=O) groups excluding carboxylic acids is 1. The molecule has 0 spiro atoms. The van der Waals surface area contributed by atoms with Crippen molar-refractivity contribution in [2.45, 2.75) is 340 Å². The molecule has 0 fully saturated rings. The third-order valence-corrected chi connectivity index (χ3v) is 13.9. The highest BCUT2D eigenvalue weighted by Crippen LogP contribution is 2.18. The van der Waals surface area contributed by atoms with Crippen molar-refractivity contribution in [3.8, 4) is 0 Å². The Labute approximate surface area is 405 Å². The second-order valence-corrected chi connectivity index (χ2v) is 20.3. The van der Waals surface area contributed by atoms with Gasteiger partial charge in [0.2, 0.25) is 5.91 Å². The summed E-state index contributed by atoms with van der Waals surface area (Å²) in [6.45, 7) is 4.08. The Balaban J connectivity index is 3.64. The van der Waals surface area contributed by atoms with Gasteiger partial charge in [-0.25, -0.2) is 0 Å². The van der Waals surface area contributed by atoms with Crippen LogP contribution in [0.1, 0.15) is 316 Å². The average Bonchev–Trinajstić information content (AvgIpc) is 3.31. The number of nitrogens with one attached hydrogen (secondary N) is 1. The van der Waals surface area contributed by atoms with Gasteiger partial charge in [0.05, 0.1) is 18.8 Å². The highest BCUT2D eigenvalue weighted by atomic mass is 16.3. The van der Waals surface area contributed by atoms with Crippen LogP contribution in [0.15, 0.2) is 24.3 Å². The van der Waals surface area contributed by atoms with Gasteiger partial charge in [0, 0.05) is 0 Å². The normalized spacial score (nSPS) is 13.9. The fourth-order valence-electron chi connectivity index (χ4n) is 9.31. The minimum Gasteiger partial charge on any atom is -0.394 e. The van der Waals surface area contributed by atoms with Crippen molar-refractivity contribution >= 4 is 5.91 Å². The summed E-state index contributed by atoms with van der Waals surface area (Å²) >= 11 is 0. The molecule has 4 atom stereocenters. The minimum atomic E-state index is -1.29. The second-order valence-electron chi connectivity index (χ2n) is 20.3. The first-order valence-electron chi connectivity index (χ1n) is 29.2. The zero-order valence-electron chi connectivity index (χ0n) is 43.8. The van der Waals surface area contributed by atoms with E-state index in [-0.39, 0.29) is 0 Å². The number of unbranched alkanes of at least 4 members (excludes halogenated alkanes) is 41. The average molecular weight is 919 g/mol. The van der Waals surface area contributed by atoms with Gasteiger partial charge in [0.15, 0.2) is 0 Å². The van der Waals surface area contributed by atoms with Gasteiger partial charge in [0.1, 0.15) is 12.2 Å². The molecule has 0 aliphatic carbocycles. The topological polar surface area (TPSA) is 110 Å². The minimum absolute atomic E-state index is 0.365. The van der Waals surface area contributed by atoms with Crippen molar-refractivity contribution in [1.29, 1.82) is 0 Å². The van der Waals surface area contributed by atoms with E-state index in [2.05, 4.69) is 43.5 Å². The van der Waals surface area contributed by atoms with Crippen molar-refractivity contribution in [1.82, 2.24) is 5.32 Å². The van der Waals surface area contributed by atoms with Crippen molar-refractivity contribution in [2.75, 3.05) is 6.61 Å². The number of aliphatic hydroxyl groups is 4. The predicted molar refractivity (Wildman–Crippen MR) is 284 cm³/mol. The Bertz CT molecular complexity index is 986. The summed E-state index contributed by atoms with van der Waals surface area (Å²) in [6.07, 6.45) is 65.4. The number of aliphatic hydroxyl groups excluding tert-OH is 4. The van der Waals surface area contributed by atoms with Crippen LogP contribution in [0.2, 0.25) is 0 Å². The van der Waals surface area contributed by atoms with Gasteiger partial charge in [-0.1, -0.05) is 289 Å². The van der Waals surface area contributed by atoms with Crippen LogP contribution in [0, 0.1) is 0 Å². The number of amides is 1.